The summed E-state index contributed by atoms with van der Waals surface area (Å²) in [5.41, 5.74) is -0.159. The van der Waals surface area contributed by atoms with Gasteiger partial charge in [-0.1, -0.05) is 11.6 Å². The highest BCUT2D eigenvalue weighted by molar-refractivity contribution is 6.30. The molecule has 0 aliphatic heterocycles. The van der Waals surface area contributed by atoms with Crippen LogP contribution in [0.1, 0.15) is 10.4 Å². The highest BCUT2D eigenvalue weighted by Crippen LogP contribution is 2.29. The maximum atomic E-state index is 13.7. The van der Waals surface area contributed by atoms with Gasteiger partial charge >= 0.3 is 0 Å². The molecule has 92 valence electrons. The van der Waals surface area contributed by atoms with Crippen LogP contribution in [0.3, 0.4) is 0 Å². The maximum Gasteiger partial charge on any atom is 0.159 e. The predicted octanol–water partition coefficient (Wildman–Crippen LogP) is 4.24. The van der Waals surface area contributed by atoms with Gasteiger partial charge in [0, 0.05) is 16.1 Å². The monoisotopic (exact) mass is 270 g/mol. The molecule has 0 fully saturated rings. The van der Waals surface area contributed by atoms with E-state index in [4.69, 9.17) is 11.6 Å². The van der Waals surface area contributed by atoms with Gasteiger partial charge < -0.3 is 0 Å². The molecule has 0 unspecified atom stereocenters. The molecule has 0 bridgehead atoms. The Morgan fingerprint density at radius 2 is 1.56 bits per heavy atom. The average molecular weight is 271 g/mol. The van der Waals surface area contributed by atoms with Crippen LogP contribution in [0.4, 0.5) is 13.2 Å². The van der Waals surface area contributed by atoms with E-state index in [0.29, 0.717) is 6.29 Å². The zero-order valence-electron chi connectivity index (χ0n) is 8.88. The average Bonchev–Trinajstić information content (AvgIpc) is 2.32. The summed E-state index contributed by atoms with van der Waals surface area (Å²) in [4.78, 5) is 10.8. The van der Waals surface area contributed by atoms with E-state index in [9.17, 15) is 18.0 Å². The normalized spacial score (nSPS) is 10.4. The number of hydrogen-bond donors (Lipinski definition) is 0. The molecule has 18 heavy (non-hydrogen) atoms. The molecule has 0 heterocycles. The van der Waals surface area contributed by atoms with E-state index in [2.05, 4.69) is 0 Å². The Bertz CT molecular complexity index is 626. The van der Waals surface area contributed by atoms with Crippen molar-refractivity contribution < 1.29 is 18.0 Å². The van der Waals surface area contributed by atoms with Crippen LogP contribution in [-0.2, 0) is 0 Å². The van der Waals surface area contributed by atoms with Gasteiger partial charge in [-0.05, 0) is 35.9 Å². The zero-order valence-corrected chi connectivity index (χ0v) is 9.64. The van der Waals surface area contributed by atoms with E-state index in [1.165, 1.54) is 12.1 Å². The fraction of sp³-hybridized carbons (Fsp3) is 0. The van der Waals surface area contributed by atoms with Crippen molar-refractivity contribution in [2.24, 2.45) is 0 Å². The third kappa shape index (κ3) is 2.24. The summed E-state index contributed by atoms with van der Waals surface area (Å²) in [5, 5.41) is 0.173. The molecule has 0 aliphatic rings. The molecule has 2 aromatic carbocycles. The first-order valence-electron chi connectivity index (χ1n) is 4.92. The summed E-state index contributed by atoms with van der Waals surface area (Å²) >= 11 is 5.59. The molecule has 1 nitrogen and oxygen atoms in total. The van der Waals surface area contributed by atoms with E-state index < -0.39 is 17.5 Å². The van der Waals surface area contributed by atoms with E-state index in [0.717, 1.165) is 18.2 Å². The predicted molar refractivity (Wildman–Crippen MR) is 62.1 cm³/mol. The standard InChI is InChI=1S/C13H6ClF3O/c14-8-1-2-9(11(15)4-8)10-5-13(17)12(16)3-7(10)6-18/h1-6H. The quantitative estimate of drug-likeness (QED) is 0.746. The van der Waals surface area contributed by atoms with Crippen LogP contribution in [0.25, 0.3) is 11.1 Å². The first-order valence-corrected chi connectivity index (χ1v) is 5.30. The van der Waals surface area contributed by atoms with Gasteiger partial charge in [-0.25, -0.2) is 13.2 Å². The minimum atomic E-state index is -1.16. The molecule has 0 aromatic heterocycles. The lowest BCUT2D eigenvalue weighted by Gasteiger charge is -2.07. The van der Waals surface area contributed by atoms with Crippen LogP contribution in [-0.4, -0.2) is 6.29 Å². The smallest absolute Gasteiger partial charge is 0.159 e. The first kappa shape index (κ1) is 12.6. The van der Waals surface area contributed by atoms with Crippen LogP contribution in [0.15, 0.2) is 30.3 Å². The Hall–Kier alpha value is -1.81. The van der Waals surface area contributed by atoms with Crippen molar-refractivity contribution in [3.8, 4) is 11.1 Å². The largest absolute Gasteiger partial charge is 0.298 e. The second-order valence-electron chi connectivity index (χ2n) is 3.60. The van der Waals surface area contributed by atoms with Crippen molar-refractivity contribution in [2.45, 2.75) is 0 Å². The van der Waals surface area contributed by atoms with E-state index in [1.54, 1.807) is 0 Å². The Labute approximate surface area is 106 Å². The van der Waals surface area contributed by atoms with Crippen molar-refractivity contribution in [3.05, 3.63) is 58.4 Å². The number of benzene rings is 2. The molecule has 0 atom stereocenters. The summed E-state index contributed by atoms with van der Waals surface area (Å²) in [5.74, 6) is -3.02. The van der Waals surface area contributed by atoms with Crippen LogP contribution >= 0.6 is 11.6 Å². The Morgan fingerprint density at radius 3 is 2.17 bits per heavy atom. The third-order valence-electron chi connectivity index (χ3n) is 2.44. The van der Waals surface area contributed by atoms with Crippen LogP contribution < -0.4 is 0 Å². The molecule has 2 rings (SSSR count). The number of hydrogen-bond acceptors (Lipinski definition) is 1. The Morgan fingerprint density at radius 1 is 0.889 bits per heavy atom. The second-order valence-corrected chi connectivity index (χ2v) is 4.03. The highest BCUT2D eigenvalue weighted by atomic mass is 35.5. The maximum absolute atomic E-state index is 13.7. The van der Waals surface area contributed by atoms with Crippen molar-refractivity contribution >= 4 is 17.9 Å². The summed E-state index contributed by atoms with van der Waals surface area (Å²) < 4.78 is 39.8. The minimum absolute atomic E-state index is 0.0135. The lowest BCUT2D eigenvalue weighted by Crippen LogP contribution is -1.95. The van der Waals surface area contributed by atoms with E-state index >= 15 is 0 Å². The van der Waals surface area contributed by atoms with Crippen molar-refractivity contribution in [1.29, 1.82) is 0 Å². The van der Waals surface area contributed by atoms with Gasteiger partial charge in [0.15, 0.2) is 17.9 Å². The molecule has 0 spiro atoms. The topological polar surface area (TPSA) is 17.1 Å². The Kier molecular flexibility index (Phi) is 3.39. The molecule has 5 heteroatoms. The molecule has 0 N–H and O–H groups in total. The molecule has 0 saturated carbocycles. The van der Waals surface area contributed by atoms with Gasteiger partial charge in [0.1, 0.15) is 5.82 Å². The zero-order chi connectivity index (χ0) is 13.3. The van der Waals surface area contributed by atoms with Crippen LogP contribution in [0.5, 0.6) is 0 Å². The fourth-order valence-corrected chi connectivity index (χ4v) is 1.76. The Balaban J connectivity index is 2.70. The lowest BCUT2D eigenvalue weighted by atomic mass is 9.99. The molecular formula is C13H6ClF3O. The number of carbonyl (C=O) groups excluding carboxylic acids is 1. The number of carbonyl (C=O) groups is 1. The number of rotatable bonds is 2. The third-order valence-corrected chi connectivity index (χ3v) is 2.68. The van der Waals surface area contributed by atoms with Crippen molar-refractivity contribution in [1.82, 2.24) is 0 Å². The molecule has 0 saturated heterocycles. The SMILES string of the molecule is O=Cc1cc(F)c(F)cc1-c1ccc(Cl)cc1F. The molecule has 0 aliphatic carbocycles. The molecule has 2 aromatic rings. The summed E-state index contributed by atoms with van der Waals surface area (Å²) in [6.07, 6.45) is 0.339. The van der Waals surface area contributed by atoms with Crippen molar-refractivity contribution in [2.75, 3.05) is 0 Å². The molecule has 0 amide bonds. The van der Waals surface area contributed by atoms with Crippen LogP contribution in [0, 0.1) is 17.5 Å². The van der Waals surface area contributed by atoms with Gasteiger partial charge in [0.25, 0.3) is 0 Å². The summed E-state index contributed by atoms with van der Waals surface area (Å²) in [7, 11) is 0. The van der Waals surface area contributed by atoms with Gasteiger partial charge in [-0.3, -0.25) is 4.79 Å². The lowest BCUT2D eigenvalue weighted by molar-refractivity contribution is 0.112. The van der Waals surface area contributed by atoms with E-state index in [1.807, 2.05) is 0 Å². The fourth-order valence-electron chi connectivity index (χ4n) is 1.60. The van der Waals surface area contributed by atoms with Gasteiger partial charge in [-0.2, -0.15) is 0 Å². The van der Waals surface area contributed by atoms with E-state index in [-0.39, 0.29) is 21.7 Å². The first-order chi connectivity index (χ1) is 8.52. The highest BCUT2D eigenvalue weighted by Gasteiger charge is 2.14. The molecular weight excluding hydrogens is 265 g/mol. The van der Waals surface area contributed by atoms with Crippen molar-refractivity contribution in [3.63, 3.8) is 0 Å². The minimum Gasteiger partial charge on any atom is -0.298 e. The van der Waals surface area contributed by atoms with Gasteiger partial charge in [0.2, 0.25) is 0 Å². The van der Waals surface area contributed by atoms with Gasteiger partial charge in [0.05, 0.1) is 0 Å². The van der Waals surface area contributed by atoms with Crippen LogP contribution in [0.2, 0.25) is 5.02 Å². The number of aldehydes is 1. The summed E-state index contributed by atoms with van der Waals surface area (Å²) in [6.45, 7) is 0. The number of halogens is 4. The van der Waals surface area contributed by atoms with Gasteiger partial charge in [-0.15, -0.1) is 0 Å². The summed E-state index contributed by atoms with van der Waals surface area (Å²) in [6, 6.07) is 5.25. The molecule has 0 radical (unpaired) electrons. The second kappa shape index (κ2) is 4.82.